The molecule has 0 bridgehead atoms. The third kappa shape index (κ3) is 5.32. The second kappa shape index (κ2) is 9.35. The van der Waals surface area contributed by atoms with Crippen LogP contribution >= 0.6 is 0 Å². The molecule has 0 aliphatic heterocycles. The van der Waals surface area contributed by atoms with E-state index in [1.807, 2.05) is 44.2 Å². The molecule has 32 heavy (non-hydrogen) atoms. The van der Waals surface area contributed by atoms with Gasteiger partial charge in [0.1, 0.15) is 11.5 Å². The van der Waals surface area contributed by atoms with E-state index in [0.717, 1.165) is 6.92 Å². The number of para-hydroxylation sites is 1. The maximum Gasteiger partial charge on any atom is 0.412 e. The minimum Gasteiger partial charge on any atom is -0.457 e. The van der Waals surface area contributed by atoms with Crippen LogP contribution in [0.3, 0.4) is 0 Å². The van der Waals surface area contributed by atoms with Gasteiger partial charge in [0.2, 0.25) is 0 Å². The highest BCUT2D eigenvalue weighted by atomic mass is 19.4. The lowest BCUT2D eigenvalue weighted by molar-refractivity contribution is -0.161. The summed E-state index contributed by atoms with van der Waals surface area (Å²) in [5, 5.41) is 9.72. The largest absolute Gasteiger partial charge is 0.457 e. The third-order valence-electron chi connectivity index (χ3n) is 5.93. The number of benzene rings is 2. The average molecular weight is 445 g/mol. The van der Waals surface area contributed by atoms with E-state index in [9.17, 15) is 18.4 Å². The second-order valence-electron chi connectivity index (χ2n) is 8.46. The molecule has 3 rings (SSSR count). The Kier molecular flexibility index (Phi) is 6.97. The van der Waals surface area contributed by atoms with Crippen LogP contribution in [-0.4, -0.2) is 19.6 Å². The molecule has 2 aromatic carbocycles. The molecular weight excluding hydrogens is 419 g/mol. The standard InChI is InChI=1S/C25H26F3NO3/c1-16(25(26,27)28)13-20-22(24(20,2)3)23(30-4)32-21(15-29)17-9-8-12-19(14-17)31-18-10-6-5-7-11-18/h5-14,20-23H,1-4H3/b16-13+. The fraction of sp³-hybridized carbons (Fsp3) is 0.400. The van der Waals surface area contributed by atoms with E-state index in [0.29, 0.717) is 17.1 Å². The fourth-order valence-electron chi connectivity index (χ4n) is 3.89. The van der Waals surface area contributed by atoms with E-state index in [-0.39, 0.29) is 11.8 Å². The summed E-state index contributed by atoms with van der Waals surface area (Å²) in [5.74, 6) is 0.508. The highest BCUT2D eigenvalue weighted by Gasteiger charge is 2.61. The van der Waals surface area contributed by atoms with E-state index in [1.165, 1.54) is 13.2 Å². The van der Waals surface area contributed by atoms with Crippen LogP contribution in [0.1, 0.15) is 32.4 Å². The Labute approximate surface area is 186 Å². The molecule has 4 nitrogen and oxygen atoms in total. The maximum absolute atomic E-state index is 13.0. The summed E-state index contributed by atoms with van der Waals surface area (Å²) in [5.41, 5.74) is -0.527. The Bertz CT molecular complexity index is 995. The van der Waals surface area contributed by atoms with Gasteiger partial charge in [0.15, 0.2) is 12.4 Å². The Balaban J connectivity index is 1.76. The summed E-state index contributed by atoms with van der Waals surface area (Å²) in [6.07, 6.45) is -4.95. The molecule has 4 unspecified atom stereocenters. The maximum atomic E-state index is 13.0. The van der Waals surface area contributed by atoms with Gasteiger partial charge in [-0.25, -0.2) is 0 Å². The summed E-state index contributed by atoms with van der Waals surface area (Å²) in [4.78, 5) is 0. The first-order valence-electron chi connectivity index (χ1n) is 10.2. The molecule has 2 aromatic rings. The van der Waals surface area contributed by atoms with E-state index in [4.69, 9.17) is 14.2 Å². The zero-order valence-corrected chi connectivity index (χ0v) is 18.4. The molecule has 1 aliphatic carbocycles. The Morgan fingerprint density at radius 1 is 1.09 bits per heavy atom. The molecule has 0 spiro atoms. The van der Waals surface area contributed by atoms with Crippen LogP contribution < -0.4 is 4.74 Å². The summed E-state index contributed by atoms with van der Waals surface area (Å²) < 4.78 is 56.2. The number of rotatable bonds is 8. The van der Waals surface area contributed by atoms with E-state index < -0.39 is 29.6 Å². The van der Waals surface area contributed by atoms with Crippen molar-refractivity contribution in [3.05, 3.63) is 71.8 Å². The van der Waals surface area contributed by atoms with Crippen molar-refractivity contribution in [2.24, 2.45) is 17.3 Å². The molecule has 0 N–H and O–H groups in total. The number of ether oxygens (including phenoxy) is 3. The molecule has 0 saturated heterocycles. The SMILES string of the molecule is COC(OC(C#N)c1cccc(Oc2ccccc2)c1)C1C(/C=C(\C)C(F)(F)F)C1(C)C. The van der Waals surface area contributed by atoms with Crippen LogP contribution in [0.5, 0.6) is 11.5 Å². The van der Waals surface area contributed by atoms with Crippen LogP contribution in [0.25, 0.3) is 0 Å². The van der Waals surface area contributed by atoms with Crippen molar-refractivity contribution in [3.63, 3.8) is 0 Å². The highest BCUT2D eigenvalue weighted by Crippen LogP contribution is 2.62. The van der Waals surface area contributed by atoms with Crippen molar-refractivity contribution >= 4 is 0 Å². The quantitative estimate of drug-likeness (QED) is 0.331. The van der Waals surface area contributed by atoms with Gasteiger partial charge in [-0.2, -0.15) is 18.4 Å². The fourth-order valence-corrected chi connectivity index (χ4v) is 3.89. The molecule has 0 amide bonds. The lowest BCUT2D eigenvalue weighted by Gasteiger charge is -2.21. The second-order valence-corrected chi connectivity index (χ2v) is 8.46. The van der Waals surface area contributed by atoms with Crippen molar-refractivity contribution in [1.29, 1.82) is 5.26 Å². The summed E-state index contributed by atoms with van der Waals surface area (Å²) in [6.45, 7) is 4.80. The van der Waals surface area contributed by atoms with Gasteiger partial charge < -0.3 is 14.2 Å². The Hall–Kier alpha value is -2.82. The summed E-state index contributed by atoms with van der Waals surface area (Å²) in [6, 6.07) is 18.3. The predicted octanol–water partition coefficient (Wildman–Crippen LogP) is 6.81. The summed E-state index contributed by atoms with van der Waals surface area (Å²) in [7, 11) is 1.43. The third-order valence-corrected chi connectivity index (χ3v) is 5.93. The van der Waals surface area contributed by atoms with E-state index in [2.05, 4.69) is 6.07 Å². The van der Waals surface area contributed by atoms with Crippen LogP contribution in [-0.2, 0) is 9.47 Å². The first-order valence-corrected chi connectivity index (χ1v) is 10.2. The summed E-state index contributed by atoms with van der Waals surface area (Å²) >= 11 is 0. The van der Waals surface area contributed by atoms with Gasteiger partial charge in [0.25, 0.3) is 0 Å². The highest BCUT2D eigenvalue weighted by molar-refractivity contribution is 5.36. The van der Waals surface area contributed by atoms with Crippen LogP contribution in [0.4, 0.5) is 13.2 Å². The Morgan fingerprint density at radius 3 is 2.34 bits per heavy atom. The zero-order chi connectivity index (χ0) is 23.5. The molecule has 0 aromatic heterocycles. The van der Waals surface area contributed by atoms with Gasteiger partial charge >= 0.3 is 6.18 Å². The van der Waals surface area contributed by atoms with Gasteiger partial charge in [-0.05, 0) is 48.1 Å². The zero-order valence-electron chi connectivity index (χ0n) is 18.4. The number of methoxy groups -OCH3 is 1. The molecule has 170 valence electrons. The predicted molar refractivity (Wildman–Crippen MR) is 114 cm³/mol. The number of nitrogens with zero attached hydrogens (tertiary/aromatic N) is 1. The first kappa shape index (κ1) is 23.8. The van der Waals surface area contributed by atoms with E-state index >= 15 is 0 Å². The number of allylic oxidation sites excluding steroid dienone is 2. The monoisotopic (exact) mass is 445 g/mol. The molecular formula is C25H26F3NO3. The number of hydrogen-bond donors (Lipinski definition) is 0. The van der Waals surface area contributed by atoms with Gasteiger partial charge in [-0.3, -0.25) is 0 Å². The van der Waals surface area contributed by atoms with Crippen molar-refractivity contribution < 1.29 is 27.4 Å². The molecule has 1 saturated carbocycles. The van der Waals surface area contributed by atoms with Crippen molar-refractivity contribution in [2.45, 2.75) is 39.3 Å². The van der Waals surface area contributed by atoms with Crippen molar-refractivity contribution in [1.82, 2.24) is 0 Å². The number of halogens is 3. The molecule has 1 aliphatic rings. The lowest BCUT2D eigenvalue weighted by Crippen LogP contribution is -2.23. The van der Waals surface area contributed by atoms with Crippen molar-refractivity contribution in [3.8, 4) is 17.6 Å². The minimum atomic E-state index is -4.37. The van der Waals surface area contributed by atoms with Crippen LogP contribution in [0, 0.1) is 28.6 Å². The van der Waals surface area contributed by atoms with Gasteiger partial charge in [0, 0.05) is 18.6 Å². The normalized spacial score (nSPS) is 22.0. The molecule has 4 atom stereocenters. The van der Waals surface area contributed by atoms with Gasteiger partial charge in [-0.15, -0.1) is 0 Å². The van der Waals surface area contributed by atoms with E-state index in [1.54, 1.807) is 24.3 Å². The topological polar surface area (TPSA) is 51.5 Å². The van der Waals surface area contributed by atoms with Crippen LogP contribution in [0.2, 0.25) is 0 Å². The van der Waals surface area contributed by atoms with Gasteiger partial charge in [-0.1, -0.05) is 50.3 Å². The van der Waals surface area contributed by atoms with Crippen molar-refractivity contribution in [2.75, 3.05) is 7.11 Å². The minimum absolute atomic E-state index is 0.315. The molecule has 0 radical (unpaired) electrons. The molecule has 1 fully saturated rings. The molecule has 0 heterocycles. The van der Waals surface area contributed by atoms with Crippen LogP contribution in [0.15, 0.2) is 66.2 Å². The first-order chi connectivity index (χ1) is 15.1. The Morgan fingerprint density at radius 2 is 1.75 bits per heavy atom. The van der Waals surface area contributed by atoms with Gasteiger partial charge in [0.05, 0.1) is 6.07 Å². The average Bonchev–Trinajstić information content (AvgIpc) is 3.28. The number of hydrogen-bond acceptors (Lipinski definition) is 4. The number of nitriles is 1. The number of alkyl halides is 3. The lowest BCUT2D eigenvalue weighted by atomic mass is 10.1. The molecule has 7 heteroatoms. The smallest absolute Gasteiger partial charge is 0.412 e.